The standard InChI is InChI=1S/C17H14BrClN2O2S/c1-23-13-6-2-11(3-7-13)4-9-16(22)21-17(24)20-12-5-8-14(18)15(19)10-12/h2-10H,1H3,(H2,20,21,22,24)/b9-4+. The number of carbonyl (C=O) groups is 1. The molecule has 24 heavy (non-hydrogen) atoms. The number of amides is 1. The number of ether oxygens (including phenoxy) is 1. The number of rotatable bonds is 4. The van der Waals surface area contributed by atoms with Crippen LogP contribution >= 0.6 is 39.7 Å². The Morgan fingerprint density at radius 1 is 1.25 bits per heavy atom. The van der Waals surface area contributed by atoms with Crippen LogP contribution in [0.25, 0.3) is 6.08 Å². The lowest BCUT2D eigenvalue weighted by atomic mass is 10.2. The third kappa shape index (κ3) is 5.63. The van der Waals surface area contributed by atoms with Crippen molar-refractivity contribution in [1.82, 2.24) is 5.32 Å². The van der Waals surface area contributed by atoms with Crippen LogP contribution < -0.4 is 15.4 Å². The highest BCUT2D eigenvalue weighted by Gasteiger charge is 2.04. The summed E-state index contributed by atoms with van der Waals surface area (Å²) in [6.45, 7) is 0. The number of benzene rings is 2. The van der Waals surface area contributed by atoms with E-state index in [2.05, 4.69) is 26.6 Å². The first-order valence-corrected chi connectivity index (χ1v) is 8.45. The third-order valence-electron chi connectivity index (χ3n) is 2.96. The number of carbonyl (C=O) groups excluding carboxylic acids is 1. The Balaban J connectivity index is 1.89. The molecule has 4 nitrogen and oxygen atoms in total. The molecule has 0 aliphatic rings. The van der Waals surface area contributed by atoms with Crippen LogP contribution in [-0.2, 0) is 4.79 Å². The van der Waals surface area contributed by atoms with Crippen LogP contribution in [-0.4, -0.2) is 18.1 Å². The van der Waals surface area contributed by atoms with Crippen LogP contribution in [0.4, 0.5) is 5.69 Å². The average Bonchev–Trinajstić information content (AvgIpc) is 2.56. The van der Waals surface area contributed by atoms with Crippen molar-refractivity contribution in [2.75, 3.05) is 12.4 Å². The summed E-state index contributed by atoms with van der Waals surface area (Å²) >= 11 is 14.4. The normalized spacial score (nSPS) is 10.5. The summed E-state index contributed by atoms with van der Waals surface area (Å²) in [5, 5.41) is 6.21. The molecule has 0 radical (unpaired) electrons. The van der Waals surface area contributed by atoms with E-state index in [-0.39, 0.29) is 11.0 Å². The average molecular weight is 426 g/mol. The lowest BCUT2D eigenvalue weighted by Crippen LogP contribution is -2.32. The molecule has 0 aliphatic heterocycles. The summed E-state index contributed by atoms with van der Waals surface area (Å²) in [7, 11) is 1.60. The van der Waals surface area contributed by atoms with Crippen molar-refractivity contribution in [3.8, 4) is 5.75 Å². The number of thiocarbonyl (C=S) groups is 1. The first kappa shape index (κ1) is 18.4. The minimum Gasteiger partial charge on any atom is -0.497 e. The summed E-state index contributed by atoms with van der Waals surface area (Å²) in [5.41, 5.74) is 1.57. The SMILES string of the molecule is COc1ccc(/C=C/C(=O)NC(=S)Nc2ccc(Br)c(Cl)c2)cc1. The van der Waals surface area contributed by atoms with Gasteiger partial charge in [-0.15, -0.1) is 0 Å². The van der Waals surface area contributed by atoms with Gasteiger partial charge in [0.25, 0.3) is 0 Å². The van der Waals surface area contributed by atoms with E-state index in [0.29, 0.717) is 10.7 Å². The molecule has 0 spiro atoms. The maximum absolute atomic E-state index is 11.9. The number of hydrogen-bond donors (Lipinski definition) is 2. The van der Waals surface area contributed by atoms with E-state index in [1.54, 1.807) is 31.4 Å². The monoisotopic (exact) mass is 424 g/mol. The zero-order valence-corrected chi connectivity index (χ0v) is 15.8. The molecule has 2 rings (SSSR count). The first-order valence-electron chi connectivity index (χ1n) is 6.87. The number of methoxy groups -OCH3 is 1. The van der Waals surface area contributed by atoms with Crippen LogP contribution in [0.1, 0.15) is 5.56 Å². The number of nitrogens with one attached hydrogen (secondary N) is 2. The molecule has 0 aromatic heterocycles. The van der Waals surface area contributed by atoms with Crippen LogP contribution in [0.3, 0.4) is 0 Å². The van der Waals surface area contributed by atoms with Crippen molar-refractivity contribution < 1.29 is 9.53 Å². The Kier molecular flexibility index (Phi) is 6.78. The lowest BCUT2D eigenvalue weighted by molar-refractivity contribution is -0.115. The summed E-state index contributed by atoms with van der Waals surface area (Å²) in [6, 6.07) is 12.6. The molecular weight excluding hydrogens is 412 g/mol. The zero-order valence-electron chi connectivity index (χ0n) is 12.7. The Morgan fingerprint density at radius 3 is 2.58 bits per heavy atom. The Labute approximate surface area is 159 Å². The molecule has 0 aliphatic carbocycles. The number of halogens is 2. The van der Waals surface area contributed by atoms with Gasteiger partial charge in [0.15, 0.2) is 5.11 Å². The van der Waals surface area contributed by atoms with E-state index < -0.39 is 0 Å². The summed E-state index contributed by atoms with van der Waals surface area (Å²) in [5.74, 6) is 0.432. The summed E-state index contributed by atoms with van der Waals surface area (Å²) in [4.78, 5) is 11.9. The van der Waals surface area contributed by atoms with E-state index in [4.69, 9.17) is 28.6 Å². The van der Waals surface area contributed by atoms with Gasteiger partial charge in [-0.3, -0.25) is 10.1 Å². The van der Waals surface area contributed by atoms with E-state index in [0.717, 1.165) is 15.8 Å². The molecule has 0 fully saturated rings. The predicted molar refractivity (Wildman–Crippen MR) is 106 cm³/mol. The van der Waals surface area contributed by atoms with Crippen LogP contribution in [0.5, 0.6) is 5.75 Å². The molecular formula is C17H14BrClN2O2S. The van der Waals surface area contributed by atoms with Gasteiger partial charge in [0.2, 0.25) is 5.91 Å². The fourth-order valence-electron chi connectivity index (χ4n) is 1.78. The van der Waals surface area contributed by atoms with E-state index >= 15 is 0 Å². The summed E-state index contributed by atoms with van der Waals surface area (Å²) in [6.07, 6.45) is 3.10. The molecule has 2 aromatic rings. The second-order valence-electron chi connectivity index (χ2n) is 4.68. The number of hydrogen-bond acceptors (Lipinski definition) is 3. The molecule has 0 atom stereocenters. The van der Waals surface area contributed by atoms with Crippen molar-refractivity contribution >= 4 is 62.5 Å². The van der Waals surface area contributed by atoms with Gasteiger partial charge in [-0.2, -0.15) is 0 Å². The van der Waals surface area contributed by atoms with Crippen molar-refractivity contribution in [2.45, 2.75) is 0 Å². The quantitative estimate of drug-likeness (QED) is 0.553. The predicted octanol–water partition coefficient (Wildman–Crippen LogP) is 4.64. The first-order chi connectivity index (χ1) is 11.5. The van der Waals surface area contributed by atoms with Gasteiger partial charge in [0, 0.05) is 16.2 Å². The van der Waals surface area contributed by atoms with Crippen LogP contribution in [0.2, 0.25) is 5.02 Å². The van der Waals surface area contributed by atoms with Crippen molar-refractivity contribution in [1.29, 1.82) is 0 Å². The van der Waals surface area contributed by atoms with Crippen molar-refractivity contribution in [3.05, 3.63) is 63.6 Å². The Hall–Kier alpha value is -1.89. The largest absolute Gasteiger partial charge is 0.497 e. The topological polar surface area (TPSA) is 50.4 Å². The van der Waals surface area contributed by atoms with Gasteiger partial charge >= 0.3 is 0 Å². The van der Waals surface area contributed by atoms with Gasteiger partial charge in [-0.25, -0.2) is 0 Å². The minimum atomic E-state index is -0.327. The molecule has 0 saturated carbocycles. The van der Waals surface area contributed by atoms with Crippen LogP contribution in [0, 0.1) is 0 Å². The van der Waals surface area contributed by atoms with E-state index in [1.165, 1.54) is 6.08 Å². The molecule has 7 heteroatoms. The van der Waals surface area contributed by atoms with Crippen LogP contribution in [0.15, 0.2) is 53.0 Å². The van der Waals surface area contributed by atoms with Gasteiger partial charge in [0.1, 0.15) is 5.75 Å². The lowest BCUT2D eigenvalue weighted by Gasteiger charge is -2.09. The fourth-order valence-corrected chi connectivity index (χ4v) is 2.42. The van der Waals surface area contributed by atoms with E-state index in [9.17, 15) is 4.79 Å². The molecule has 0 unspecified atom stereocenters. The summed E-state index contributed by atoms with van der Waals surface area (Å²) < 4.78 is 5.86. The number of anilines is 1. The van der Waals surface area contributed by atoms with Gasteiger partial charge in [-0.1, -0.05) is 23.7 Å². The van der Waals surface area contributed by atoms with Gasteiger partial charge in [0.05, 0.1) is 12.1 Å². The molecule has 2 aromatic carbocycles. The molecule has 0 heterocycles. The van der Waals surface area contributed by atoms with Gasteiger partial charge < -0.3 is 10.1 Å². The van der Waals surface area contributed by atoms with Gasteiger partial charge in [-0.05, 0) is 70.1 Å². The molecule has 0 bridgehead atoms. The van der Waals surface area contributed by atoms with E-state index in [1.807, 2.05) is 24.3 Å². The molecule has 0 saturated heterocycles. The van der Waals surface area contributed by atoms with Crippen molar-refractivity contribution in [2.24, 2.45) is 0 Å². The Bertz CT molecular complexity index is 779. The third-order valence-corrected chi connectivity index (χ3v) is 4.39. The van der Waals surface area contributed by atoms with Crippen molar-refractivity contribution in [3.63, 3.8) is 0 Å². The fraction of sp³-hybridized carbons (Fsp3) is 0.0588. The zero-order chi connectivity index (χ0) is 17.5. The molecule has 2 N–H and O–H groups in total. The minimum absolute atomic E-state index is 0.192. The second kappa shape index (κ2) is 8.82. The maximum atomic E-state index is 11.9. The second-order valence-corrected chi connectivity index (χ2v) is 6.35. The highest BCUT2D eigenvalue weighted by atomic mass is 79.9. The maximum Gasteiger partial charge on any atom is 0.250 e. The molecule has 1 amide bonds. The highest BCUT2D eigenvalue weighted by molar-refractivity contribution is 9.10. The molecule has 124 valence electrons. The highest BCUT2D eigenvalue weighted by Crippen LogP contribution is 2.25. The Morgan fingerprint density at radius 2 is 1.96 bits per heavy atom. The smallest absolute Gasteiger partial charge is 0.250 e.